The molecule has 0 heterocycles. The molecule has 1 rings (SSSR count). The molecular weight excluding hydrogens is 200 g/mol. The zero-order chi connectivity index (χ0) is 11.8. The lowest BCUT2D eigenvalue weighted by molar-refractivity contribution is -0.121. The molecular formula is C13H16N2O. The van der Waals surface area contributed by atoms with Crippen LogP contribution in [0.2, 0.25) is 0 Å². The highest BCUT2D eigenvalue weighted by Crippen LogP contribution is 2.07. The van der Waals surface area contributed by atoms with Crippen LogP contribution in [0.1, 0.15) is 24.4 Å². The first kappa shape index (κ1) is 12.3. The number of terminal acetylenes is 1. The molecule has 0 aliphatic carbocycles. The van der Waals surface area contributed by atoms with Gasteiger partial charge < -0.3 is 11.1 Å². The SMILES string of the molecule is C#CCCC(=O)NCC(N)c1ccccc1. The third-order valence-corrected chi connectivity index (χ3v) is 2.24. The molecule has 3 nitrogen and oxygen atoms in total. The van der Waals surface area contributed by atoms with Crippen molar-refractivity contribution in [2.24, 2.45) is 5.73 Å². The van der Waals surface area contributed by atoms with Crippen LogP contribution in [0.15, 0.2) is 30.3 Å². The number of nitrogens with one attached hydrogen (secondary N) is 1. The van der Waals surface area contributed by atoms with Gasteiger partial charge in [-0.15, -0.1) is 12.3 Å². The van der Waals surface area contributed by atoms with E-state index in [2.05, 4.69) is 11.2 Å². The average molecular weight is 216 g/mol. The largest absolute Gasteiger partial charge is 0.354 e. The van der Waals surface area contributed by atoms with Gasteiger partial charge in [0.1, 0.15) is 0 Å². The Morgan fingerprint density at radius 3 is 2.75 bits per heavy atom. The van der Waals surface area contributed by atoms with E-state index in [1.807, 2.05) is 30.3 Å². The monoisotopic (exact) mass is 216 g/mol. The predicted molar refractivity (Wildman–Crippen MR) is 64.4 cm³/mol. The second-order valence-electron chi connectivity index (χ2n) is 3.53. The number of hydrogen-bond donors (Lipinski definition) is 2. The van der Waals surface area contributed by atoms with E-state index in [0.29, 0.717) is 19.4 Å². The molecule has 0 saturated carbocycles. The maximum Gasteiger partial charge on any atom is 0.221 e. The highest BCUT2D eigenvalue weighted by atomic mass is 16.1. The van der Waals surface area contributed by atoms with Crippen molar-refractivity contribution in [2.75, 3.05) is 6.54 Å². The molecule has 84 valence electrons. The van der Waals surface area contributed by atoms with Crippen molar-refractivity contribution in [3.8, 4) is 12.3 Å². The van der Waals surface area contributed by atoms with Crippen molar-refractivity contribution in [3.63, 3.8) is 0 Å². The summed E-state index contributed by atoms with van der Waals surface area (Å²) >= 11 is 0. The van der Waals surface area contributed by atoms with E-state index in [1.165, 1.54) is 0 Å². The summed E-state index contributed by atoms with van der Waals surface area (Å²) < 4.78 is 0. The van der Waals surface area contributed by atoms with E-state index in [0.717, 1.165) is 5.56 Å². The lowest BCUT2D eigenvalue weighted by Crippen LogP contribution is -2.31. The van der Waals surface area contributed by atoms with Gasteiger partial charge in [-0.1, -0.05) is 30.3 Å². The molecule has 0 radical (unpaired) electrons. The van der Waals surface area contributed by atoms with Crippen LogP contribution >= 0.6 is 0 Å². The standard InChI is InChI=1S/C13H16N2O/c1-2-3-9-13(16)15-10-12(14)11-7-5-4-6-8-11/h1,4-8,12H,3,9-10,14H2,(H,15,16). The maximum atomic E-state index is 11.3. The van der Waals surface area contributed by atoms with Crippen LogP contribution in [-0.4, -0.2) is 12.5 Å². The number of benzene rings is 1. The van der Waals surface area contributed by atoms with Crippen molar-refractivity contribution in [2.45, 2.75) is 18.9 Å². The zero-order valence-corrected chi connectivity index (χ0v) is 9.15. The molecule has 0 aliphatic heterocycles. The van der Waals surface area contributed by atoms with Crippen LogP contribution in [0.25, 0.3) is 0 Å². The van der Waals surface area contributed by atoms with Gasteiger partial charge >= 0.3 is 0 Å². The van der Waals surface area contributed by atoms with Crippen molar-refractivity contribution < 1.29 is 4.79 Å². The quantitative estimate of drug-likeness (QED) is 0.727. The lowest BCUT2D eigenvalue weighted by Gasteiger charge is -2.12. The van der Waals surface area contributed by atoms with E-state index in [9.17, 15) is 4.79 Å². The molecule has 0 bridgehead atoms. The topological polar surface area (TPSA) is 55.1 Å². The number of nitrogens with two attached hydrogens (primary N) is 1. The normalized spacial score (nSPS) is 11.5. The predicted octanol–water partition coefficient (Wildman–Crippen LogP) is 1.22. The second kappa shape index (κ2) is 6.65. The Hall–Kier alpha value is -1.79. The minimum Gasteiger partial charge on any atom is -0.354 e. The Labute approximate surface area is 96.0 Å². The van der Waals surface area contributed by atoms with Gasteiger partial charge in [0.2, 0.25) is 5.91 Å². The lowest BCUT2D eigenvalue weighted by atomic mass is 10.1. The van der Waals surface area contributed by atoms with Crippen molar-refractivity contribution in [1.82, 2.24) is 5.32 Å². The minimum absolute atomic E-state index is 0.0515. The number of carbonyl (C=O) groups is 1. The van der Waals surface area contributed by atoms with Gasteiger partial charge in [-0.25, -0.2) is 0 Å². The molecule has 3 heteroatoms. The van der Waals surface area contributed by atoms with Crippen LogP contribution in [0.5, 0.6) is 0 Å². The van der Waals surface area contributed by atoms with E-state index in [-0.39, 0.29) is 11.9 Å². The molecule has 1 unspecified atom stereocenters. The fraction of sp³-hybridized carbons (Fsp3) is 0.308. The Bertz CT molecular complexity index is 367. The van der Waals surface area contributed by atoms with Crippen LogP contribution in [-0.2, 0) is 4.79 Å². The van der Waals surface area contributed by atoms with E-state index >= 15 is 0 Å². The smallest absolute Gasteiger partial charge is 0.221 e. The minimum atomic E-state index is -0.170. The first-order chi connectivity index (χ1) is 7.74. The van der Waals surface area contributed by atoms with Crippen molar-refractivity contribution >= 4 is 5.91 Å². The Morgan fingerprint density at radius 2 is 2.12 bits per heavy atom. The maximum absolute atomic E-state index is 11.3. The van der Waals surface area contributed by atoms with Gasteiger partial charge in [-0.2, -0.15) is 0 Å². The summed E-state index contributed by atoms with van der Waals surface area (Å²) in [5, 5.41) is 2.76. The number of rotatable bonds is 5. The third-order valence-electron chi connectivity index (χ3n) is 2.24. The fourth-order valence-corrected chi connectivity index (χ4v) is 1.32. The van der Waals surface area contributed by atoms with Crippen LogP contribution in [0, 0.1) is 12.3 Å². The Morgan fingerprint density at radius 1 is 1.44 bits per heavy atom. The highest BCUT2D eigenvalue weighted by molar-refractivity contribution is 5.76. The third kappa shape index (κ3) is 4.16. The van der Waals surface area contributed by atoms with E-state index < -0.39 is 0 Å². The zero-order valence-electron chi connectivity index (χ0n) is 9.15. The molecule has 0 aromatic heterocycles. The van der Waals surface area contributed by atoms with Crippen LogP contribution in [0.4, 0.5) is 0 Å². The molecule has 1 aromatic rings. The molecule has 16 heavy (non-hydrogen) atoms. The van der Waals surface area contributed by atoms with Crippen molar-refractivity contribution in [1.29, 1.82) is 0 Å². The fourth-order valence-electron chi connectivity index (χ4n) is 1.32. The van der Waals surface area contributed by atoms with E-state index in [4.69, 9.17) is 12.2 Å². The summed E-state index contributed by atoms with van der Waals surface area (Å²) in [6.45, 7) is 0.438. The van der Waals surface area contributed by atoms with Gasteiger partial charge in [-0.05, 0) is 5.56 Å². The molecule has 0 aliphatic rings. The van der Waals surface area contributed by atoms with Gasteiger partial charge in [0.05, 0.1) is 0 Å². The molecule has 1 atom stereocenters. The van der Waals surface area contributed by atoms with Crippen LogP contribution < -0.4 is 11.1 Å². The molecule has 1 amide bonds. The van der Waals surface area contributed by atoms with Gasteiger partial charge in [-0.3, -0.25) is 4.79 Å². The summed E-state index contributed by atoms with van der Waals surface area (Å²) in [7, 11) is 0. The van der Waals surface area contributed by atoms with Crippen LogP contribution in [0.3, 0.4) is 0 Å². The van der Waals surface area contributed by atoms with Gasteiger partial charge in [0.15, 0.2) is 0 Å². The molecule has 0 saturated heterocycles. The summed E-state index contributed by atoms with van der Waals surface area (Å²) in [6, 6.07) is 9.50. The molecule has 0 spiro atoms. The second-order valence-corrected chi connectivity index (χ2v) is 3.53. The van der Waals surface area contributed by atoms with Crippen molar-refractivity contribution in [3.05, 3.63) is 35.9 Å². The summed E-state index contributed by atoms with van der Waals surface area (Å²) in [5.41, 5.74) is 6.93. The first-order valence-electron chi connectivity index (χ1n) is 5.24. The average Bonchev–Trinajstić information content (AvgIpc) is 2.34. The van der Waals surface area contributed by atoms with Gasteiger partial charge in [0, 0.05) is 25.4 Å². The molecule has 3 N–H and O–H groups in total. The summed E-state index contributed by atoms with van der Waals surface area (Å²) in [5.74, 6) is 2.37. The Kier molecular flexibility index (Phi) is 5.10. The Balaban J connectivity index is 2.33. The first-order valence-corrected chi connectivity index (χ1v) is 5.24. The summed E-state index contributed by atoms with van der Waals surface area (Å²) in [4.78, 5) is 11.3. The van der Waals surface area contributed by atoms with Gasteiger partial charge in [0.25, 0.3) is 0 Å². The summed E-state index contributed by atoms with van der Waals surface area (Å²) in [6.07, 6.45) is 5.89. The van der Waals surface area contributed by atoms with E-state index in [1.54, 1.807) is 0 Å². The molecule has 1 aromatic carbocycles. The highest BCUT2D eigenvalue weighted by Gasteiger charge is 2.06. The number of carbonyl (C=O) groups excluding carboxylic acids is 1. The number of amides is 1. The number of hydrogen-bond acceptors (Lipinski definition) is 2. The molecule has 0 fully saturated rings.